The van der Waals surface area contributed by atoms with E-state index >= 15 is 0 Å². The number of carbonyl (C=O) groups is 1. The van der Waals surface area contributed by atoms with Gasteiger partial charge in [-0.05, 0) is 32.7 Å². The molecule has 0 aromatic carbocycles. The van der Waals surface area contributed by atoms with Crippen molar-refractivity contribution < 1.29 is 4.79 Å². The van der Waals surface area contributed by atoms with Crippen LogP contribution < -0.4 is 26.6 Å². The minimum atomic E-state index is -0.245. The van der Waals surface area contributed by atoms with Crippen molar-refractivity contribution in [2.45, 2.75) is 56.3 Å². The Hall–Kier alpha value is -0.800. The van der Waals surface area contributed by atoms with Gasteiger partial charge in [0.2, 0.25) is 0 Å². The van der Waals surface area contributed by atoms with Crippen molar-refractivity contribution in [1.82, 2.24) is 26.6 Å². The summed E-state index contributed by atoms with van der Waals surface area (Å²) in [5.41, 5.74) is 0.935. The second kappa shape index (κ2) is 7.61. The van der Waals surface area contributed by atoms with Gasteiger partial charge in [-0.15, -0.1) is 0 Å². The number of nitrogens with zero attached hydrogens (tertiary/aromatic N) is 1. The normalized spacial score (nSPS) is 36.0. The van der Waals surface area contributed by atoms with Crippen LogP contribution in [0.1, 0.15) is 33.1 Å². The van der Waals surface area contributed by atoms with Crippen LogP contribution in [0, 0.1) is 5.92 Å². The summed E-state index contributed by atoms with van der Waals surface area (Å²) in [6, 6.07) is 0. The number of halogens is 1. The molecule has 3 aliphatic rings. The van der Waals surface area contributed by atoms with Crippen molar-refractivity contribution in [3.63, 3.8) is 0 Å². The molecule has 0 bridgehead atoms. The maximum Gasteiger partial charge on any atom is 0.251 e. The summed E-state index contributed by atoms with van der Waals surface area (Å²) in [6.45, 7) is 4.05. The Labute approximate surface area is 151 Å². The zero-order valence-corrected chi connectivity index (χ0v) is 15.7. The Kier molecular flexibility index (Phi) is 5.71. The molecule has 1 fully saturated rings. The highest BCUT2D eigenvalue weighted by atomic mass is 35.5. The predicted molar refractivity (Wildman–Crippen MR) is 98.4 cm³/mol. The number of carbonyl (C=O) groups excluding carboxylic acids is 1. The quantitative estimate of drug-likeness (QED) is 0.490. The van der Waals surface area contributed by atoms with Crippen molar-refractivity contribution in [2.24, 2.45) is 10.9 Å². The van der Waals surface area contributed by atoms with Crippen molar-refractivity contribution in [1.29, 1.82) is 0 Å². The minimum absolute atomic E-state index is 0.0256. The molecular weight excluding hydrogens is 348 g/mol. The number of hydrogen-bond acceptors (Lipinski definition) is 7. The zero-order chi connectivity index (χ0) is 17.3. The molecule has 5 atom stereocenters. The Balaban J connectivity index is 1.43. The molecule has 1 amide bonds. The molecule has 0 aromatic heterocycles. The van der Waals surface area contributed by atoms with Crippen LogP contribution in [0.5, 0.6) is 0 Å². The van der Waals surface area contributed by atoms with Gasteiger partial charge in [-0.25, -0.2) is 0 Å². The van der Waals surface area contributed by atoms with E-state index in [1.807, 2.05) is 14.0 Å². The number of amides is 1. The minimum Gasteiger partial charge on any atom is -0.359 e. The van der Waals surface area contributed by atoms with Crippen molar-refractivity contribution in [2.75, 3.05) is 7.05 Å². The van der Waals surface area contributed by atoms with E-state index in [0.717, 1.165) is 35.8 Å². The first-order valence-electron chi connectivity index (χ1n) is 8.31. The van der Waals surface area contributed by atoms with Crippen LogP contribution in [-0.4, -0.2) is 42.0 Å². The van der Waals surface area contributed by atoms with Gasteiger partial charge >= 0.3 is 0 Å². The predicted octanol–water partition coefficient (Wildman–Crippen LogP) is 0.802. The molecular formula is C15H25ClN6OS. The van der Waals surface area contributed by atoms with Crippen molar-refractivity contribution in [3.05, 3.63) is 10.7 Å². The van der Waals surface area contributed by atoms with E-state index in [1.54, 1.807) is 11.8 Å². The molecule has 0 saturated carbocycles. The summed E-state index contributed by atoms with van der Waals surface area (Å²) < 4.78 is 0. The molecule has 9 heteroatoms. The lowest BCUT2D eigenvalue weighted by molar-refractivity contribution is -0.121. The number of nitrogens with one attached hydrogen (secondary N) is 5. The molecule has 0 radical (unpaired) electrons. The number of hydrogen-bond donors (Lipinski definition) is 5. The molecule has 134 valence electrons. The summed E-state index contributed by atoms with van der Waals surface area (Å²) in [5.74, 6) is 1.21. The average Bonchev–Trinajstić information content (AvgIpc) is 2.81. The SMILES string of the molecule is CNC1CC(NC2NC(C(=O)NC3=C(Cl)CCC3C)S2)NC(C)=N1. The van der Waals surface area contributed by atoms with Crippen LogP contribution in [0.15, 0.2) is 15.7 Å². The lowest BCUT2D eigenvalue weighted by Crippen LogP contribution is -2.65. The maximum atomic E-state index is 12.3. The molecule has 3 rings (SSSR count). The summed E-state index contributed by atoms with van der Waals surface area (Å²) in [5, 5.41) is 16.7. The number of rotatable bonds is 5. The molecule has 2 heterocycles. The number of allylic oxidation sites excluding steroid dienone is 2. The maximum absolute atomic E-state index is 12.3. The summed E-state index contributed by atoms with van der Waals surface area (Å²) in [7, 11) is 1.91. The van der Waals surface area contributed by atoms with Gasteiger partial charge in [0, 0.05) is 17.2 Å². The van der Waals surface area contributed by atoms with Crippen LogP contribution in [0.4, 0.5) is 0 Å². The van der Waals surface area contributed by atoms with Crippen LogP contribution in [0.2, 0.25) is 0 Å². The molecule has 24 heavy (non-hydrogen) atoms. The third-order valence-corrected chi connectivity index (χ3v) is 6.09. The zero-order valence-electron chi connectivity index (χ0n) is 14.1. The molecule has 0 aromatic rings. The van der Waals surface area contributed by atoms with E-state index in [-0.39, 0.29) is 29.1 Å². The van der Waals surface area contributed by atoms with Gasteiger partial charge in [0.05, 0.1) is 12.0 Å². The monoisotopic (exact) mass is 372 g/mol. The van der Waals surface area contributed by atoms with E-state index in [9.17, 15) is 4.79 Å². The molecule has 1 aliphatic carbocycles. The highest BCUT2D eigenvalue weighted by Gasteiger charge is 2.37. The molecule has 2 aliphatic heterocycles. The van der Waals surface area contributed by atoms with Gasteiger partial charge in [-0.1, -0.05) is 30.3 Å². The van der Waals surface area contributed by atoms with Gasteiger partial charge in [-0.3, -0.25) is 25.7 Å². The van der Waals surface area contributed by atoms with E-state index in [4.69, 9.17) is 11.6 Å². The smallest absolute Gasteiger partial charge is 0.251 e. The van der Waals surface area contributed by atoms with Crippen LogP contribution in [0.3, 0.4) is 0 Å². The second-order valence-electron chi connectivity index (χ2n) is 6.43. The topological polar surface area (TPSA) is 89.6 Å². The Bertz CT molecular complexity index is 562. The summed E-state index contributed by atoms with van der Waals surface area (Å²) >= 11 is 7.75. The highest BCUT2D eigenvalue weighted by molar-refractivity contribution is 8.02. The fourth-order valence-electron chi connectivity index (χ4n) is 3.12. The number of aliphatic imine (C=N–C) groups is 1. The van der Waals surface area contributed by atoms with Gasteiger partial charge in [0.25, 0.3) is 5.91 Å². The van der Waals surface area contributed by atoms with Gasteiger partial charge < -0.3 is 10.6 Å². The van der Waals surface area contributed by atoms with Gasteiger partial charge in [0.1, 0.15) is 17.0 Å². The molecule has 5 N–H and O–H groups in total. The number of thioether (sulfide) groups is 1. The van der Waals surface area contributed by atoms with Crippen molar-refractivity contribution in [3.8, 4) is 0 Å². The van der Waals surface area contributed by atoms with Crippen molar-refractivity contribution >= 4 is 35.1 Å². The first-order valence-corrected chi connectivity index (χ1v) is 9.63. The molecule has 7 nitrogen and oxygen atoms in total. The van der Waals surface area contributed by atoms with E-state index in [2.05, 4.69) is 38.5 Å². The lowest BCUT2D eigenvalue weighted by Gasteiger charge is -2.40. The average molecular weight is 373 g/mol. The van der Waals surface area contributed by atoms with E-state index in [0.29, 0.717) is 5.92 Å². The van der Waals surface area contributed by atoms with E-state index in [1.165, 1.54) is 0 Å². The van der Waals surface area contributed by atoms with E-state index < -0.39 is 0 Å². The Morgan fingerprint density at radius 3 is 2.83 bits per heavy atom. The standard InChI is InChI=1S/C15H25ClN6OS/c1-7-4-5-9(16)12(7)21-13(23)14-22-15(24-14)20-11-6-10(17-3)18-8(2)19-11/h7,10-11,14-15,17,20,22H,4-6H2,1-3H3,(H,18,19)(H,21,23). The van der Waals surface area contributed by atoms with Crippen LogP contribution in [-0.2, 0) is 4.79 Å². The molecule has 1 saturated heterocycles. The van der Waals surface area contributed by atoms with Gasteiger partial charge in [0.15, 0.2) is 0 Å². The molecule has 0 spiro atoms. The number of amidine groups is 1. The van der Waals surface area contributed by atoms with Gasteiger partial charge in [-0.2, -0.15) is 0 Å². The third-order valence-electron chi connectivity index (χ3n) is 4.53. The van der Waals surface area contributed by atoms with Crippen LogP contribution >= 0.6 is 23.4 Å². The molecule has 5 unspecified atom stereocenters. The Morgan fingerprint density at radius 1 is 1.46 bits per heavy atom. The second-order valence-corrected chi connectivity index (χ2v) is 8.10. The fourth-order valence-corrected chi connectivity index (χ4v) is 4.36. The summed E-state index contributed by atoms with van der Waals surface area (Å²) in [6.07, 6.45) is 2.95. The fraction of sp³-hybridized carbons (Fsp3) is 0.733. The summed E-state index contributed by atoms with van der Waals surface area (Å²) in [4.78, 5) is 16.8. The lowest BCUT2D eigenvalue weighted by atomic mass is 10.1. The Morgan fingerprint density at radius 2 is 2.21 bits per heavy atom. The first-order chi connectivity index (χ1) is 11.5. The highest BCUT2D eigenvalue weighted by Crippen LogP contribution is 2.33. The first kappa shape index (κ1) is 18.0. The van der Waals surface area contributed by atoms with Crippen LogP contribution in [0.25, 0.3) is 0 Å². The largest absolute Gasteiger partial charge is 0.359 e. The third kappa shape index (κ3) is 4.05.